The third-order valence-electron chi connectivity index (χ3n) is 3.32. The average Bonchev–Trinajstić information content (AvgIpc) is 3.16. The fraction of sp³-hybridized carbons (Fsp3) is 1.00. The number of nitrogens with zero attached hydrogens (tertiary/aromatic N) is 1. The van der Waals surface area contributed by atoms with E-state index in [-0.39, 0.29) is 0 Å². The standard InChI is InChI=1S/C12H25NO4Si/c1-4-16-18(3,17-5-2)8-6-7-13(11-9-14-11)12-10-15-12/h11-12H,4-10H2,1-3H3. The minimum Gasteiger partial charge on any atom is -0.395 e. The lowest BCUT2D eigenvalue weighted by Crippen LogP contribution is -2.40. The van der Waals surface area contributed by atoms with Crippen molar-refractivity contribution < 1.29 is 18.3 Å². The monoisotopic (exact) mass is 275 g/mol. The summed E-state index contributed by atoms with van der Waals surface area (Å²) in [5.74, 6) is 0. The highest BCUT2D eigenvalue weighted by molar-refractivity contribution is 6.66. The van der Waals surface area contributed by atoms with Crippen molar-refractivity contribution in [1.29, 1.82) is 0 Å². The third-order valence-corrected chi connectivity index (χ3v) is 6.38. The van der Waals surface area contributed by atoms with E-state index in [0.717, 1.165) is 45.4 Å². The van der Waals surface area contributed by atoms with Gasteiger partial charge in [0, 0.05) is 19.8 Å². The highest BCUT2D eigenvalue weighted by atomic mass is 28.4. The van der Waals surface area contributed by atoms with Gasteiger partial charge in [0.1, 0.15) is 12.5 Å². The van der Waals surface area contributed by atoms with E-state index in [1.165, 1.54) is 0 Å². The lowest BCUT2D eigenvalue weighted by atomic mass is 10.4. The zero-order valence-electron chi connectivity index (χ0n) is 11.7. The van der Waals surface area contributed by atoms with Crippen molar-refractivity contribution in [3.05, 3.63) is 0 Å². The van der Waals surface area contributed by atoms with Gasteiger partial charge in [-0.2, -0.15) is 0 Å². The summed E-state index contributed by atoms with van der Waals surface area (Å²) in [5, 5.41) is 0. The summed E-state index contributed by atoms with van der Waals surface area (Å²) in [5.41, 5.74) is 0. The number of ether oxygens (including phenoxy) is 2. The van der Waals surface area contributed by atoms with Gasteiger partial charge in [0.05, 0.1) is 13.2 Å². The van der Waals surface area contributed by atoms with Crippen LogP contribution < -0.4 is 0 Å². The van der Waals surface area contributed by atoms with Gasteiger partial charge in [-0.05, 0) is 32.9 Å². The molecule has 2 atom stereocenters. The zero-order chi connectivity index (χ0) is 13.0. The number of hydrogen-bond acceptors (Lipinski definition) is 5. The average molecular weight is 275 g/mol. The second-order valence-corrected chi connectivity index (χ2v) is 8.26. The number of hydrogen-bond donors (Lipinski definition) is 0. The first kappa shape index (κ1) is 14.4. The van der Waals surface area contributed by atoms with Gasteiger partial charge in [-0.1, -0.05) is 0 Å². The summed E-state index contributed by atoms with van der Waals surface area (Å²) in [6.07, 6.45) is 1.68. The van der Waals surface area contributed by atoms with Crippen LogP contribution in [0.2, 0.25) is 12.6 Å². The molecule has 6 heteroatoms. The molecule has 0 aromatic rings. The molecule has 2 aliphatic heterocycles. The van der Waals surface area contributed by atoms with Crippen LogP contribution in [-0.4, -0.2) is 58.9 Å². The molecule has 2 aliphatic rings. The van der Waals surface area contributed by atoms with E-state index in [1.54, 1.807) is 0 Å². The van der Waals surface area contributed by atoms with Gasteiger partial charge >= 0.3 is 8.56 Å². The van der Waals surface area contributed by atoms with Gasteiger partial charge in [0.2, 0.25) is 0 Å². The molecular weight excluding hydrogens is 250 g/mol. The Balaban J connectivity index is 1.71. The summed E-state index contributed by atoms with van der Waals surface area (Å²) in [7, 11) is -1.95. The van der Waals surface area contributed by atoms with Crippen molar-refractivity contribution in [3.8, 4) is 0 Å². The summed E-state index contributed by atoms with van der Waals surface area (Å²) in [6.45, 7) is 10.4. The van der Waals surface area contributed by atoms with Gasteiger partial charge in [-0.15, -0.1) is 0 Å². The molecule has 0 N–H and O–H groups in total. The Kier molecular flexibility index (Phi) is 5.17. The van der Waals surface area contributed by atoms with Crippen molar-refractivity contribution in [2.45, 2.75) is 45.3 Å². The summed E-state index contributed by atoms with van der Waals surface area (Å²) in [4.78, 5) is 2.31. The molecule has 0 aromatic heterocycles. The number of epoxide rings is 2. The van der Waals surface area contributed by atoms with Crippen molar-refractivity contribution >= 4 is 8.56 Å². The van der Waals surface area contributed by atoms with Crippen LogP contribution in [-0.2, 0) is 18.3 Å². The summed E-state index contributed by atoms with van der Waals surface area (Å²) in [6, 6.07) is 1.03. The van der Waals surface area contributed by atoms with E-state index in [0.29, 0.717) is 12.5 Å². The van der Waals surface area contributed by atoms with E-state index in [9.17, 15) is 0 Å². The lowest BCUT2D eigenvalue weighted by molar-refractivity contribution is 0.111. The van der Waals surface area contributed by atoms with Crippen LogP contribution in [0.4, 0.5) is 0 Å². The Bertz CT molecular complexity index is 240. The van der Waals surface area contributed by atoms with E-state index in [1.807, 2.05) is 13.8 Å². The van der Waals surface area contributed by atoms with Crippen molar-refractivity contribution in [3.63, 3.8) is 0 Å². The molecule has 0 aromatic carbocycles. The predicted octanol–water partition coefficient (Wildman–Crippen LogP) is 1.54. The fourth-order valence-corrected chi connectivity index (χ4v) is 4.72. The van der Waals surface area contributed by atoms with Gasteiger partial charge in [0.25, 0.3) is 0 Å². The van der Waals surface area contributed by atoms with Gasteiger partial charge in [-0.25, -0.2) is 4.90 Å². The first-order valence-electron chi connectivity index (χ1n) is 6.95. The van der Waals surface area contributed by atoms with Crippen molar-refractivity contribution in [1.82, 2.24) is 4.90 Å². The largest absolute Gasteiger partial charge is 0.395 e. The molecule has 106 valence electrons. The molecule has 0 aliphatic carbocycles. The van der Waals surface area contributed by atoms with Crippen LogP contribution in [0.15, 0.2) is 0 Å². The molecule has 0 bridgehead atoms. The summed E-state index contributed by atoms with van der Waals surface area (Å²) >= 11 is 0. The molecule has 2 saturated heterocycles. The fourth-order valence-electron chi connectivity index (χ4n) is 2.32. The van der Waals surface area contributed by atoms with Crippen LogP contribution in [0, 0.1) is 0 Å². The highest BCUT2D eigenvalue weighted by Gasteiger charge is 2.41. The number of rotatable bonds is 10. The Morgan fingerprint density at radius 3 is 2.00 bits per heavy atom. The van der Waals surface area contributed by atoms with E-state index < -0.39 is 8.56 Å². The molecule has 2 heterocycles. The normalized spacial score (nSPS) is 26.7. The maximum Gasteiger partial charge on any atom is 0.334 e. The van der Waals surface area contributed by atoms with E-state index in [4.69, 9.17) is 18.3 Å². The molecule has 0 amide bonds. The topological polar surface area (TPSA) is 46.8 Å². The highest BCUT2D eigenvalue weighted by Crippen LogP contribution is 2.27. The molecule has 5 nitrogen and oxygen atoms in total. The maximum absolute atomic E-state index is 5.84. The van der Waals surface area contributed by atoms with Gasteiger partial charge in [0.15, 0.2) is 0 Å². The first-order chi connectivity index (χ1) is 8.68. The van der Waals surface area contributed by atoms with Crippen LogP contribution in [0.5, 0.6) is 0 Å². The minimum atomic E-state index is -1.95. The molecule has 2 unspecified atom stereocenters. The van der Waals surface area contributed by atoms with Crippen LogP contribution in [0.25, 0.3) is 0 Å². The lowest BCUT2D eigenvalue weighted by Gasteiger charge is -2.27. The zero-order valence-corrected chi connectivity index (χ0v) is 12.7. The van der Waals surface area contributed by atoms with Crippen LogP contribution in [0.3, 0.4) is 0 Å². The van der Waals surface area contributed by atoms with Crippen molar-refractivity contribution in [2.75, 3.05) is 33.0 Å². The molecule has 2 fully saturated rings. The van der Waals surface area contributed by atoms with Crippen molar-refractivity contribution in [2.24, 2.45) is 0 Å². The Labute approximate surface area is 111 Å². The SMILES string of the molecule is CCO[Si](C)(CCCN(C1CO1)C1CO1)OCC. The smallest absolute Gasteiger partial charge is 0.334 e. The maximum atomic E-state index is 5.84. The molecule has 2 rings (SSSR count). The third kappa shape index (κ3) is 4.29. The minimum absolute atomic E-state index is 0.296. The van der Waals surface area contributed by atoms with Crippen LogP contribution >= 0.6 is 0 Å². The molecule has 0 radical (unpaired) electrons. The molecular formula is C12H25NO4Si. The van der Waals surface area contributed by atoms with Gasteiger partial charge < -0.3 is 18.3 Å². The Morgan fingerprint density at radius 1 is 1.11 bits per heavy atom. The first-order valence-corrected chi connectivity index (χ1v) is 9.47. The molecule has 0 saturated carbocycles. The Morgan fingerprint density at radius 2 is 1.61 bits per heavy atom. The summed E-state index contributed by atoms with van der Waals surface area (Å²) < 4.78 is 22.4. The van der Waals surface area contributed by atoms with E-state index >= 15 is 0 Å². The second kappa shape index (κ2) is 6.45. The predicted molar refractivity (Wildman–Crippen MR) is 70.5 cm³/mol. The van der Waals surface area contributed by atoms with Gasteiger partial charge in [-0.3, -0.25) is 0 Å². The molecule has 0 spiro atoms. The second-order valence-electron chi connectivity index (χ2n) is 4.92. The molecule has 18 heavy (non-hydrogen) atoms. The van der Waals surface area contributed by atoms with Crippen LogP contribution in [0.1, 0.15) is 20.3 Å². The quantitative estimate of drug-likeness (QED) is 0.447. The Hall–Kier alpha value is 0.0169. The van der Waals surface area contributed by atoms with E-state index in [2.05, 4.69) is 11.4 Å².